The van der Waals surface area contributed by atoms with E-state index >= 15 is 0 Å². The van der Waals surface area contributed by atoms with Gasteiger partial charge < -0.3 is 0 Å². The zero-order valence-electron chi connectivity index (χ0n) is 8.86. The molecule has 3 nitrogen and oxygen atoms in total. The van der Waals surface area contributed by atoms with E-state index in [0.29, 0.717) is 0 Å². The van der Waals surface area contributed by atoms with Crippen molar-refractivity contribution in [2.24, 2.45) is 15.2 Å². The summed E-state index contributed by atoms with van der Waals surface area (Å²) in [5.41, 5.74) is 3.02. The van der Waals surface area contributed by atoms with E-state index in [4.69, 9.17) is 0 Å². The van der Waals surface area contributed by atoms with Crippen LogP contribution in [-0.2, 0) is 0 Å². The second-order valence-corrected chi connectivity index (χ2v) is 2.84. The van der Waals surface area contributed by atoms with Gasteiger partial charge in [-0.15, -0.1) is 0 Å². The molecule has 0 aliphatic rings. The molecule has 0 spiro atoms. The van der Waals surface area contributed by atoms with Crippen LogP contribution >= 0.6 is 0 Å². The normalized spacial score (nSPS) is 12.4. The Morgan fingerprint density at radius 1 is 1.21 bits per heavy atom. The van der Waals surface area contributed by atoms with Crippen LogP contribution in [0.4, 0.5) is 5.69 Å². The lowest BCUT2D eigenvalue weighted by molar-refractivity contribution is 1.16. The average Bonchev–Trinajstić information content (AvgIpc) is 2.23. The van der Waals surface area contributed by atoms with Crippen molar-refractivity contribution in [2.45, 2.75) is 13.3 Å². The van der Waals surface area contributed by atoms with Gasteiger partial charge in [-0.3, -0.25) is 4.99 Å². The smallest absolute Gasteiger partial charge is 0.0942 e. The Morgan fingerprint density at radius 3 is 2.50 bits per heavy atom. The first-order valence-corrected chi connectivity index (χ1v) is 4.68. The molecule has 74 valence electrons. The minimum Gasteiger partial charge on any atom is -0.292 e. The van der Waals surface area contributed by atoms with Gasteiger partial charge in [-0.2, -0.15) is 10.2 Å². The molecule has 0 aromatic heterocycles. The van der Waals surface area contributed by atoms with Crippen molar-refractivity contribution >= 4 is 11.4 Å². The van der Waals surface area contributed by atoms with E-state index in [1.54, 1.807) is 14.1 Å². The van der Waals surface area contributed by atoms with Crippen molar-refractivity contribution in [3.05, 3.63) is 29.8 Å². The Hall–Kier alpha value is -1.51. The lowest BCUT2D eigenvalue weighted by Gasteiger charge is -2.05. The van der Waals surface area contributed by atoms with Gasteiger partial charge in [0.1, 0.15) is 0 Å². The van der Waals surface area contributed by atoms with Crippen LogP contribution in [0.1, 0.15) is 18.9 Å². The fraction of sp³-hybridized carbons (Fsp3) is 0.364. The lowest BCUT2D eigenvalue weighted by atomic mass is 10.1. The van der Waals surface area contributed by atoms with Crippen molar-refractivity contribution in [3.8, 4) is 0 Å². The monoisotopic (exact) mass is 189 g/mol. The zero-order valence-corrected chi connectivity index (χ0v) is 8.86. The number of benzene rings is 1. The van der Waals surface area contributed by atoms with Crippen LogP contribution in [0, 0.1) is 0 Å². The van der Waals surface area contributed by atoms with Crippen LogP contribution in [0.2, 0.25) is 0 Å². The third-order valence-electron chi connectivity index (χ3n) is 2.03. The first kappa shape index (κ1) is 10.6. The first-order valence-electron chi connectivity index (χ1n) is 4.68. The molecule has 0 radical (unpaired) electrons. The van der Waals surface area contributed by atoms with E-state index in [9.17, 15) is 0 Å². The topological polar surface area (TPSA) is 37.1 Å². The standard InChI is InChI=1S/C11H15N3/c1-4-10(12-2)9-7-5-6-8-11(9)14-13-3/h5-8H,4H2,1-3H3/b12-10-,14-13-. The maximum atomic E-state index is 4.23. The van der Waals surface area contributed by atoms with Gasteiger partial charge in [0.15, 0.2) is 0 Å². The molecule has 0 atom stereocenters. The minimum absolute atomic E-state index is 0.887. The summed E-state index contributed by atoms with van der Waals surface area (Å²) in [5.74, 6) is 0. The zero-order chi connectivity index (χ0) is 10.4. The van der Waals surface area contributed by atoms with Gasteiger partial charge in [0, 0.05) is 25.4 Å². The molecule has 0 fully saturated rings. The molecule has 0 unspecified atom stereocenters. The van der Waals surface area contributed by atoms with Crippen LogP contribution in [0.25, 0.3) is 0 Å². The fourth-order valence-corrected chi connectivity index (χ4v) is 1.38. The maximum absolute atomic E-state index is 4.23. The highest BCUT2D eigenvalue weighted by atomic mass is 15.1. The molecule has 0 heterocycles. The second-order valence-electron chi connectivity index (χ2n) is 2.84. The average molecular weight is 189 g/mol. The second kappa shape index (κ2) is 5.27. The van der Waals surface area contributed by atoms with Crippen LogP contribution < -0.4 is 0 Å². The van der Waals surface area contributed by atoms with Crippen LogP contribution in [0.5, 0.6) is 0 Å². The molecular weight excluding hydrogens is 174 g/mol. The van der Waals surface area contributed by atoms with E-state index in [2.05, 4.69) is 22.1 Å². The van der Waals surface area contributed by atoms with E-state index in [-0.39, 0.29) is 0 Å². The Bertz CT molecular complexity index is 353. The summed E-state index contributed by atoms with van der Waals surface area (Å²) in [6.45, 7) is 2.09. The van der Waals surface area contributed by atoms with Crippen molar-refractivity contribution in [1.82, 2.24) is 0 Å². The molecule has 0 aliphatic heterocycles. The highest BCUT2D eigenvalue weighted by Gasteiger charge is 2.05. The molecule has 0 amide bonds. The van der Waals surface area contributed by atoms with Gasteiger partial charge in [0.05, 0.1) is 5.69 Å². The summed E-state index contributed by atoms with van der Waals surface area (Å²) in [6.07, 6.45) is 0.909. The molecule has 14 heavy (non-hydrogen) atoms. The van der Waals surface area contributed by atoms with Crippen LogP contribution in [-0.4, -0.2) is 19.8 Å². The van der Waals surface area contributed by atoms with Crippen molar-refractivity contribution in [2.75, 3.05) is 14.1 Å². The molecule has 0 bridgehead atoms. The van der Waals surface area contributed by atoms with Gasteiger partial charge >= 0.3 is 0 Å². The summed E-state index contributed by atoms with van der Waals surface area (Å²) in [6, 6.07) is 7.92. The molecule has 0 N–H and O–H groups in total. The van der Waals surface area contributed by atoms with E-state index in [1.165, 1.54) is 0 Å². The number of azo groups is 1. The Morgan fingerprint density at radius 2 is 1.93 bits per heavy atom. The predicted molar refractivity (Wildman–Crippen MR) is 59.6 cm³/mol. The molecule has 1 aromatic carbocycles. The maximum Gasteiger partial charge on any atom is 0.0942 e. The van der Waals surface area contributed by atoms with Gasteiger partial charge in [0.25, 0.3) is 0 Å². The molecular formula is C11H15N3. The highest BCUT2D eigenvalue weighted by molar-refractivity contribution is 6.04. The summed E-state index contributed by atoms with van der Waals surface area (Å²) < 4.78 is 0. The number of hydrogen-bond acceptors (Lipinski definition) is 3. The largest absolute Gasteiger partial charge is 0.292 e. The van der Waals surface area contributed by atoms with E-state index in [0.717, 1.165) is 23.4 Å². The predicted octanol–water partition coefficient (Wildman–Crippen LogP) is 3.23. The SMILES string of the molecule is CC/C(=N/C)c1ccccc1/N=N\C. The minimum atomic E-state index is 0.887. The fourth-order valence-electron chi connectivity index (χ4n) is 1.38. The summed E-state index contributed by atoms with van der Waals surface area (Å²) >= 11 is 0. The van der Waals surface area contributed by atoms with Crippen LogP contribution in [0.3, 0.4) is 0 Å². The molecule has 0 saturated carbocycles. The van der Waals surface area contributed by atoms with E-state index in [1.807, 2.05) is 24.3 Å². The third-order valence-corrected chi connectivity index (χ3v) is 2.03. The number of aliphatic imine (C=N–C) groups is 1. The summed E-state index contributed by atoms with van der Waals surface area (Å²) in [5, 5.41) is 7.86. The molecule has 3 heteroatoms. The molecule has 1 aromatic rings. The van der Waals surface area contributed by atoms with E-state index < -0.39 is 0 Å². The third kappa shape index (κ3) is 2.25. The van der Waals surface area contributed by atoms with Gasteiger partial charge in [0.2, 0.25) is 0 Å². The number of rotatable bonds is 3. The molecule has 0 saturated heterocycles. The van der Waals surface area contributed by atoms with Crippen molar-refractivity contribution in [1.29, 1.82) is 0 Å². The number of hydrogen-bond donors (Lipinski definition) is 0. The first-order chi connectivity index (χ1) is 6.83. The molecule has 1 rings (SSSR count). The van der Waals surface area contributed by atoms with Crippen molar-refractivity contribution < 1.29 is 0 Å². The van der Waals surface area contributed by atoms with Crippen molar-refractivity contribution in [3.63, 3.8) is 0 Å². The Balaban J connectivity index is 3.18. The van der Waals surface area contributed by atoms with Crippen LogP contribution in [0.15, 0.2) is 39.5 Å². The summed E-state index contributed by atoms with van der Waals surface area (Å²) in [7, 11) is 3.48. The molecule has 0 aliphatic carbocycles. The number of nitrogens with zero attached hydrogens (tertiary/aromatic N) is 3. The Labute approximate surface area is 84.6 Å². The summed E-state index contributed by atoms with van der Waals surface area (Å²) in [4.78, 5) is 4.23. The van der Waals surface area contributed by atoms with Gasteiger partial charge in [-0.1, -0.05) is 25.1 Å². The lowest BCUT2D eigenvalue weighted by Crippen LogP contribution is -1.98. The Kier molecular flexibility index (Phi) is 3.98. The highest BCUT2D eigenvalue weighted by Crippen LogP contribution is 2.20. The van der Waals surface area contributed by atoms with Gasteiger partial charge in [-0.25, -0.2) is 0 Å². The quantitative estimate of drug-likeness (QED) is 0.517. The van der Waals surface area contributed by atoms with Gasteiger partial charge in [-0.05, 0) is 12.5 Å².